The molecule has 0 aliphatic rings. The van der Waals surface area contributed by atoms with Crippen molar-refractivity contribution in [2.75, 3.05) is 5.32 Å². The average molecular weight is 245 g/mol. The second-order valence-corrected chi connectivity index (χ2v) is 4.81. The summed E-state index contributed by atoms with van der Waals surface area (Å²) >= 11 is 0. The van der Waals surface area contributed by atoms with Crippen molar-refractivity contribution < 1.29 is 4.79 Å². The maximum absolute atomic E-state index is 11.5. The van der Waals surface area contributed by atoms with Gasteiger partial charge in [0, 0.05) is 18.0 Å². The van der Waals surface area contributed by atoms with Gasteiger partial charge in [-0.15, -0.1) is 0 Å². The van der Waals surface area contributed by atoms with E-state index < -0.39 is 0 Å². The average Bonchev–Trinajstić information content (AvgIpc) is 2.72. The Morgan fingerprint density at radius 2 is 2.22 bits per heavy atom. The van der Waals surface area contributed by atoms with E-state index in [9.17, 15) is 4.79 Å². The van der Waals surface area contributed by atoms with Crippen molar-refractivity contribution in [3.63, 3.8) is 0 Å². The van der Waals surface area contributed by atoms with Crippen LogP contribution < -0.4 is 5.32 Å². The van der Waals surface area contributed by atoms with Crippen LogP contribution in [0.5, 0.6) is 0 Å². The van der Waals surface area contributed by atoms with Crippen LogP contribution in [-0.4, -0.2) is 15.9 Å². The van der Waals surface area contributed by atoms with E-state index in [-0.39, 0.29) is 5.91 Å². The van der Waals surface area contributed by atoms with Gasteiger partial charge in [0.1, 0.15) is 5.82 Å². The minimum atomic E-state index is 0.0560. The molecule has 1 amide bonds. The third-order valence-corrected chi connectivity index (χ3v) is 2.81. The largest absolute Gasteiger partial charge is 0.342 e. The van der Waals surface area contributed by atoms with E-state index in [1.165, 1.54) is 0 Å². The fourth-order valence-electron chi connectivity index (χ4n) is 1.83. The number of aromatic nitrogens is 2. The van der Waals surface area contributed by atoms with Gasteiger partial charge in [0.15, 0.2) is 0 Å². The smallest absolute Gasteiger partial charge is 0.224 e. The Morgan fingerprint density at radius 1 is 1.44 bits per heavy atom. The van der Waals surface area contributed by atoms with Gasteiger partial charge in [-0.25, -0.2) is 4.98 Å². The van der Waals surface area contributed by atoms with Crippen molar-refractivity contribution in [3.8, 4) is 0 Å². The standard InChI is InChI=1S/C14H19N3O/c1-4-5-13(18)15-10-6-7-11-12(8-10)17-14(16-11)9(2)3/h6-9H,4-5H2,1-3H3,(H,15,18)(H,16,17). The number of hydrogen-bond acceptors (Lipinski definition) is 2. The molecule has 0 spiro atoms. The fourth-order valence-corrected chi connectivity index (χ4v) is 1.83. The Kier molecular flexibility index (Phi) is 3.65. The molecule has 1 heterocycles. The van der Waals surface area contributed by atoms with Crippen molar-refractivity contribution in [2.45, 2.75) is 39.5 Å². The van der Waals surface area contributed by atoms with Gasteiger partial charge in [0.2, 0.25) is 5.91 Å². The molecule has 18 heavy (non-hydrogen) atoms. The van der Waals surface area contributed by atoms with E-state index in [0.29, 0.717) is 12.3 Å². The molecule has 0 atom stereocenters. The Balaban J connectivity index is 2.24. The minimum absolute atomic E-state index is 0.0560. The number of nitrogens with zero attached hydrogens (tertiary/aromatic N) is 1. The highest BCUT2D eigenvalue weighted by Crippen LogP contribution is 2.20. The first-order valence-corrected chi connectivity index (χ1v) is 6.39. The van der Waals surface area contributed by atoms with Gasteiger partial charge in [-0.05, 0) is 24.6 Å². The first kappa shape index (κ1) is 12.6. The lowest BCUT2D eigenvalue weighted by molar-refractivity contribution is -0.116. The number of carbonyl (C=O) groups is 1. The number of rotatable bonds is 4. The van der Waals surface area contributed by atoms with Gasteiger partial charge >= 0.3 is 0 Å². The molecule has 0 bridgehead atoms. The van der Waals surface area contributed by atoms with Gasteiger partial charge in [0.25, 0.3) is 0 Å². The molecule has 1 aromatic heterocycles. The van der Waals surface area contributed by atoms with Crippen LogP contribution in [-0.2, 0) is 4.79 Å². The topological polar surface area (TPSA) is 57.8 Å². The Morgan fingerprint density at radius 3 is 2.89 bits per heavy atom. The zero-order valence-corrected chi connectivity index (χ0v) is 11.1. The van der Waals surface area contributed by atoms with Gasteiger partial charge in [0.05, 0.1) is 11.0 Å². The van der Waals surface area contributed by atoms with E-state index in [0.717, 1.165) is 29.0 Å². The number of fused-ring (bicyclic) bond motifs is 1. The number of amides is 1. The summed E-state index contributed by atoms with van der Waals surface area (Å²) in [7, 11) is 0. The number of benzene rings is 1. The predicted molar refractivity (Wildman–Crippen MR) is 73.7 cm³/mol. The van der Waals surface area contributed by atoms with Crippen LogP contribution >= 0.6 is 0 Å². The lowest BCUT2D eigenvalue weighted by Gasteiger charge is -2.03. The highest BCUT2D eigenvalue weighted by Gasteiger charge is 2.07. The van der Waals surface area contributed by atoms with Crippen LogP contribution in [0.1, 0.15) is 45.4 Å². The number of hydrogen-bond donors (Lipinski definition) is 2. The van der Waals surface area contributed by atoms with Crippen LogP contribution in [0.15, 0.2) is 18.2 Å². The SMILES string of the molecule is CCCC(=O)Nc1ccc2nc(C(C)C)[nH]c2c1. The van der Waals surface area contributed by atoms with Crippen LogP contribution in [0.3, 0.4) is 0 Å². The Bertz CT molecular complexity index is 557. The molecule has 0 radical (unpaired) electrons. The highest BCUT2D eigenvalue weighted by atomic mass is 16.1. The van der Waals surface area contributed by atoms with Crippen molar-refractivity contribution >= 4 is 22.6 Å². The first-order chi connectivity index (χ1) is 8.60. The molecular weight excluding hydrogens is 226 g/mol. The second kappa shape index (κ2) is 5.21. The number of aromatic amines is 1. The highest BCUT2D eigenvalue weighted by molar-refractivity contribution is 5.92. The normalized spacial score (nSPS) is 11.1. The molecule has 2 aromatic rings. The molecule has 1 aromatic carbocycles. The first-order valence-electron chi connectivity index (χ1n) is 6.39. The summed E-state index contributed by atoms with van der Waals surface area (Å²) in [5, 5.41) is 2.89. The number of H-pyrrole nitrogens is 1. The Hall–Kier alpha value is -1.84. The predicted octanol–water partition coefficient (Wildman–Crippen LogP) is 3.42. The van der Waals surface area contributed by atoms with Crippen molar-refractivity contribution in [1.82, 2.24) is 9.97 Å². The summed E-state index contributed by atoms with van der Waals surface area (Å²) in [6.07, 6.45) is 1.41. The summed E-state index contributed by atoms with van der Waals surface area (Å²) in [5.74, 6) is 1.40. The van der Waals surface area contributed by atoms with E-state index >= 15 is 0 Å². The van der Waals surface area contributed by atoms with Gasteiger partial charge < -0.3 is 10.3 Å². The third kappa shape index (κ3) is 2.70. The summed E-state index contributed by atoms with van der Waals surface area (Å²) in [6.45, 7) is 6.19. The van der Waals surface area contributed by atoms with E-state index in [2.05, 4.69) is 29.1 Å². The summed E-state index contributed by atoms with van der Waals surface area (Å²) in [6, 6.07) is 5.75. The lowest BCUT2D eigenvalue weighted by atomic mass is 10.2. The van der Waals surface area contributed by atoms with E-state index in [1.54, 1.807) is 0 Å². The van der Waals surface area contributed by atoms with Crippen molar-refractivity contribution in [1.29, 1.82) is 0 Å². The van der Waals surface area contributed by atoms with E-state index in [4.69, 9.17) is 0 Å². The van der Waals surface area contributed by atoms with Gasteiger partial charge in [-0.2, -0.15) is 0 Å². The lowest BCUT2D eigenvalue weighted by Crippen LogP contribution is -2.10. The molecular formula is C14H19N3O. The van der Waals surface area contributed by atoms with Gasteiger partial charge in [-0.3, -0.25) is 4.79 Å². The van der Waals surface area contributed by atoms with Gasteiger partial charge in [-0.1, -0.05) is 20.8 Å². The molecule has 0 aliphatic carbocycles. The van der Waals surface area contributed by atoms with E-state index in [1.807, 2.05) is 25.1 Å². The molecule has 0 fully saturated rings. The fraction of sp³-hybridized carbons (Fsp3) is 0.429. The number of imidazole rings is 1. The molecule has 0 saturated carbocycles. The molecule has 0 saturated heterocycles. The van der Waals surface area contributed by atoms with Crippen LogP contribution in [0.25, 0.3) is 11.0 Å². The number of anilines is 1. The van der Waals surface area contributed by atoms with Crippen molar-refractivity contribution in [2.24, 2.45) is 0 Å². The molecule has 4 nitrogen and oxygen atoms in total. The minimum Gasteiger partial charge on any atom is -0.342 e. The second-order valence-electron chi connectivity index (χ2n) is 4.81. The monoisotopic (exact) mass is 245 g/mol. The van der Waals surface area contributed by atoms with Crippen LogP contribution in [0.4, 0.5) is 5.69 Å². The maximum Gasteiger partial charge on any atom is 0.224 e. The number of nitrogens with one attached hydrogen (secondary N) is 2. The number of carbonyl (C=O) groups excluding carboxylic acids is 1. The third-order valence-electron chi connectivity index (χ3n) is 2.81. The van der Waals surface area contributed by atoms with Crippen LogP contribution in [0, 0.1) is 0 Å². The maximum atomic E-state index is 11.5. The molecule has 0 aliphatic heterocycles. The molecule has 4 heteroatoms. The molecule has 96 valence electrons. The summed E-state index contributed by atoms with van der Waals surface area (Å²) < 4.78 is 0. The quantitative estimate of drug-likeness (QED) is 0.867. The Labute approximate surface area is 107 Å². The van der Waals surface area contributed by atoms with Crippen LogP contribution in [0.2, 0.25) is 0 Å². The zero-order valence-electron chi connectivity index (χ0n) is 11.1. The summed E-state index contributed by atoms with van der Waals surface area (Å²) in [4.78, 5) is 19.3. The van der Waals surface area contributed by atoms with Crippen molar-refractivity contribution in [3.05, 3.63) is 24.0 Å². The zero-order chi connectivity index (χ0) is 13.1. The molecule has 2 N–H and O–H groups in total. The molecule has 0 unspecified atom stereocenters. The summed E-state index contributed by atoms with van der Waals surface area (Å²) in [5.41, 5.74) is 2.72. The molecule has 2 rings (SSSR count).